The lowest BCUT2D eigenvalue weighted by Crippen LogP contribution is -2.39. The van der Waals surface area contributed by atoms with Crippen LogP contribution in [0.3, 0.4) is 0 Å². The normalized spacial score (nSPS) is 12.6. The molecule has 6 N–H and O–H groups in total. The van der Waals surface area contributed by atoms with Gasteiger partial charge in [0.15, 0.2) is 0 Å². The second-order valence-electron chi connectivity index (χ2n) is 1.75. The van der Waals surface area contributed by atoms with Crippen LogP contribution in [0.5, 0.6) is 0 Å². The minimum atomic E-state index is -1.20. The van der Waals surface area contributed by atoms with Crippen molar-refractivity contribution in [1.29, 1.82) is 0 Å². The molecule has 0 aliphatic heterocycles. The summed E-state index contributed by atoms with van der Waals surface area (Å²) in [5, 5.41) is 2.10. The third kappa shape index (κ3) is 5.26. The highest BCUT2D eigenvalue weighted by atomic mass is 19.1. The molecule has 0 spiro atoms. The van der Waals surface area contributed by atoms with Crippen molar-refractivity contribution < 1.29 is 9.18 Å². The zero-order chi connectivity index (χ0) is 7.98. The average Bonchev–Trinajstić information content (AvgIpc) is 1.85. The van der Waals surface area contributed by atoms with Gasteiger partial charge in [0.1, 0.15) is 6.17 Å². The molecule has 0 aliphatic rings. The van der Waals surface area contributed by atoms with Crippen LogP contribution in [-0.4, -0.2) is 25.3 Å². The molecule has 0 aliphatic carbocycles. The van der Waals surface area contributed by atoms with E-state index in [2.05, 4.69) is 16.5 Å². The highest BCUT2D eigenvalue weighted by molar-refractivity contribution is 5.71. The van der Waals surface area contributed by atoms with Crippen LogP contribution in [0.25, 0.3) is 0 Å². The fraction of sp³-hybridized carbons (Fsp3) is 0.750. The van der Waals surface area contributed by atoms with Crippen molar-refractivity contribution in [3.05, 3.63) is 0 Å². The van der Waals surface area contributed by atoms with Crippen LogP contribution in [0, 0.1) is 0 Å². The summed E-state index contributed by atoms with van der Waals surface area (Å²) >= 11 is 0. The predicted molar refractivity (Wildman–Crippen MR) is 34.7 cm³/mol. The topological polar surface area (TPSA) is 93.2 Å². The maximum atomic E-state index is 12.4. The lowest BCUT2D eigenvalue weighted by Gasteiger charge is -2.06. The molecule has 2 amide bonds. The summed E-state index contributed by atoms with van der Waals surface area (Å²) in [4.78, 5) is 10.0. The van der Waals surface area contributed by atoms with Gasteiger partial charge in [0, 0.05) is 6.54 Å². The Kier molecular flexibility index (Phi) is 4.51. The van der Waals surface area contributed by atoms with Crippen LogP contribution in [0.2, 0.25) is 0 Å². The van der Waals surface area contributed by atoms with Crippen LogP contribution in [0.1, 0.15) is 0 Å². The van der Waals surface area contributed by atoms with Gasteiger partial charge in [0.25, 0.3) is 0 Å². The van der Waals surface area contributed by atoms with Gasteiger partial charge in [-0.3, -0.25) is 11.3 Å². The van der Waals surface area contributed by atoms with Crippen molar-refractivity contribution >= 4 is 6.03 Å². The molecule has 1 atom stereocenters. The average molecular weight is 150 g/mol. The molecule has 60 valence electrons. The Hall–Kier alpha value is -0.880. The monoisotopic (exact) mass is 150 g/mol. The van der Waals surface area contributed by atoms with Crippen LogP contribution >= 0.6 is 0 Å². The molecular weight excluding hydrogens is 139 g/mol. The van der Waals surface area contributed by atoms with Crippen LogP contribution in [-0.2, 0) is 0 Å². The Bertz CT molecular complexity index is 109. The molecule has 0 heterocycles. The van der Waals surface area contributed by atoms with Crippen molar-refractivity contribution in [3.8, 4) is 0 Å². The number of hydrogen-bond donors (Lipinski definition) is 4. The number of rotatable bonds is 4. The number of nitrogens with two attached hydrogens (primary N) is 2. The molecule has 0 saturated heterocycles. The van der Waals surface area contributed by atoms with Crippen LogP contribution in [0.15, 0.2) is 0 Å². The first-order valence-corrected chi connectivity index (χ1v) is 2.77. The minimum Gasteiger partial charge on any atom is -0.352 e. The van der Waals surface area contributed by atoms with Crippen molar-refractivity contribution in [3.63, 3.8) is 0 Å². The van der Waals surface area contributed by atoms with E-state index in [1.165, 1.54) is 0 Å². The first-order chi connectivity index (χ1) is 4.66. The number of alkyl halides is 1. The molecule has 0 fully saturated rings. The number of carbonyl (C=O) groups is 1. The highest BCUT2D eigenvalue weighted by Gasteiger charge is 2.04. The van der Waals surface area contributed by atoms with Gasteiger partial charge < -0.3 is 11.1 Å². The zero-order valence-electron chi connectivity index (χ0n) is 5.43. The number of urea groups is 1. The molecule has 1 unspecified atom stereocenters. The zero-order valence-corrected chi connectivity index (χ0v) is 5.43. The molecule has 0 rings (SSSR count). The molecule has 6 heteroatoms. The predicted octanol–water partition coefficient (Wildman–Crippen LogP) is -1.54. The van der Waals surface area contributed by atoms with Gasteiger partial charge in [-0.15, -0.1) is 0 Å². The van der Waals surface area contributed by atoms with E-state index in [1.54, 1.807) is 0 Å². The summed E-state index contributed by atoms with van der Waals surface area (Å²) in [5.74, 6) is 4.80. The van der Waals surface area contributed by atoms with E-state index in [0.717, 1.165) is 0 Å². The molecule has 0 aromatic heterocycles. The standard InChI is InChI=1S/C4H11FN4O/c5-3(2-9-7)1-8-4(6)10/h3,9H,1-2,7H2,(H3,6,8,10). The first kappa shape index (κ1) is 9.12. The van der Waals surface area contributed by atoms with Gasteiger partial charge in [-0.05, 0) is 0 Å². The molecule has 0 radical (unpaired) electrons. The summed E-state index contributed by atoms with van der Waals surface area (Å²) in [6.45, 7) is -0.111. The number of amides is 2. The number of halogens is 1. The fourth-order valence-corrected chi connectivity index (χ4v) is 0.411. The molecule has 0 bridgehead atoms. The van der Waals surface area contributed by atoms with Gasteiger partial charge in [-0.25, -0.2) is 9.18 Å². The maximum Gasteiger partial charge on any atom is 0.312 e. The highest BCUT2D eigenvalue weighted by Crippen LogP contribution is 1.83. The Morgan fingerprint density at radius 1 is 1.60 bits per heavy atom. The maximum absolute atomic E-state index is 12.4. The van der Waals surface area contributed by atoms with E-state index in [1.807, 2.05) is 0 Å². The van der Waals surface area contributed by atoms with Crippen molar-refractivity contribution in [2.75, 3.05) is 13.1 Å². The largest absolute Gasteiger partial charge is 0.352 e. The summed E-state index contributed by atoms with van der Waals surface area (Å²) in [6.07, 6.45) is -1.20. The summed E-state index contributed by atoms with van der Waals surface area (Å²) in [7, 11) is 0. The Labute approximate surface area is 57.9 Å². The van der Waals surface area contributed by atoms with Crippen molar-refractivity contribution in [2.45, 2.75) is 6.17 Å². The second kappa shape index (κ2) is 4.95. The molecule has 0 saturated carbocycles. The Morgan fingerprint density at radius 3 is 2.60 bits per heavy atom. The Morgan fingerprint density at radius 2 is 2.20 bits per heavy atom. The summed E-state index contributed by atoms with van der Waals surface area (Å²) in [6, 6.07) is -0.736. The quantitative estimate of drug-likeness (QED) is 0.289. The lowest BCUT2D eigenvalue weighted by molar-refractivity contribution is 0.241. The number of nitrogens with one attached hydrogen (secondary N) is 2. The molecule has 0 aromatic carbocycles. The number of carbonyl (C=O) groups excluding carboxylic acids is 1. The van der Waals surface area contributed by atoms with Gasteiger partial charge >= 0.3 is 6.03 Å². The second-order valence-corrected chi connectivity index (χ2v) is 1.75. The third-order valence-electron chi connectivity index (χ3n) is 0.837. The number of hydrazine groups is 1. The van der Waals surface area contributed by atoms with E-state index in [4.69, 9.17) is 5.84 Å². The van der Waals surface area contributed by atoms with Crippen molar-refractivity contribution in [2.24, 2.45) is 11.6 Å². The van der Waals surface area contributed by atoms with E-state index in [0.29, 0.717) is 0 Å². The number of hydrogen-bond acceptors (Lipinski definition) is 3. The van der Waals surface area contributed by atoms with E-state index in [9.17, 15) is 9.18 Å². The van der Waals surface area contributed by atoms with E-state index < -0.39 is 12.2 Å². The first-order valence-electron chi connectivity index (χ1n) is 2.77. The smallest absolute Gasteiger partial charge is 0.312 e. The van der Waals surface area contributed by atoms with E-state index >= 15 is 0 Å². The van der Waals surface area contributed by atoms with Gasteiger partial charge in [-0.1, -0.05) is 0 Å². The number of primary amides is 1. The summed E-state index contributed by atoms with van der Waals surface area (Å²) in [5.41, 5.74) is 6.79. The SMILES string of the molecule is NNCC(F)CNC(N)=O. The van der Waals surface area contributed by atoms with Gasteiger partial charge in [0.2, 0.25) is 0 Å². The third-order valence-corrected chi connectivity index (χ3v) is 0.837. The molecule has 10 heavy (non-hydrogen) atoms. The van der Waals surface area contributed by atoms with Crippen molar-refractivity contribution in [1.82, 2.24) is 10.7 Å². The van der Waals surface area contributed by atoms with Crippen LogP contribution in [0.4, 0.5) is 9.18 Å². The molecule has 0 aromatic rings. The lowest BCUT2D eigenvalue weighted by atomic mass is 10.4. The van der Waals surface area contributed by atoms with Gasteiger partial charge in [0.05, 0.1) is 6.54 Å². The van der Waals surface area contributed by atoms with E-state index in [-0.39, 0.29) is 13.1 Å². The minimum absolute atomic E-state index is 0.000278. The Balaban J connectivity index is 3.21. The summed E-state index contributed by atoms with van der Waals surface area (Å²) < 4.78 is 12.4. The fourth-order valence-electron chi connectivity index (χ4n) is 0.411. The molecular formula is C4H11FN4O. The molecule has 5 nitrogen and oxygen atoms in total. The van der Waals surface area contributed by atoms with Crippen LogP contribution < -0.4 is 22.3 Å². The van der Waals surface area contributed by atoms with Gasteiger partial charge in [-0.2, -0.15) is 0 Å².